The van der Waals surface area contributed by atoms with Crippen molar-refractivity contribution < 1.29 is 19.5 Å². The van der Waals surface area contributed by atoms with Crippen molar-refractivity contribution in [3.63, 3.8) is 0 Å². The molecule has 0 aliphatic rings. The molecule has 2 N–H and O–H groups in total. The van der Waals surface area contributed by atoms with Crippen molar-refractivity contribution in [3.8, 4) is 0 Å². The van der Waals surface area contributed by atoms with Crippen LogP contribution in [0, 0.1) is 5.41 Å². The predicted octanol–water partition coefficient (Wildman–Crippen LogP) is 0.217. The maximum atomic E-state index is 11.9. The summed E-state index contributed by atoms with van der Waals surface area (Å²) >= 11 is 0. The zero-order valence-corrected chi connectivity index (χ0v) is 12.2. The molecule has 7 heteroatoms. The largest absolute Gasteiger partial charge is 0.481 e. The molecule has 0 radical (unpaired) electrons. The fourth-order valence-corrected chi connectivity index (χ4v) is 1.12. The second-order valence-corrected chi connectivity index (χ2v) is 5.15. The van der Waals surface area contributed by atoms with Crippen LogP contribution < -0.4 is 5.32 Å². The fraction of sp³-hybridized carbons (Fsp3) is 0.750. The average molecular weight is 273 g/mol. The lowest BCUT2D eigenvalue weighted by Gasteiger charge is -2.25. The van der Waals surface area contributed by atoms with Gasteiger partial charge in [-0.2, -0.15) is 0 Å². The van der Waals surface area contributed by atoms with Crippen LogP contribution in [0.3, 0.4) is 0 Å². The first kappa shape index (κ1) is 17.2. The van der Waals surface area contributed by atoms with E-state index in [1.165, 1.54) is 23.6 Å². The Morgan fingerprint density at radius 2 is 1.74 bits per heavy atom. The minimum Gasteiger partial charge on any atom is -0.481 e. The van der Waals surface area contributed by atoms with E-state index in [1.807, 2.05) is 0 Å². The highest BCUT2D eigenvalue weighted by Gasteiger charge is 2.28. The third-order valence-corrected chi connectivity index (χ3v) is 2.75. The number of carbonyl (C=O) groups is 3. The summed E-state index contributed by atoms with van der Waals surface area (Å²) in [5.74, 6) is -1.17. The van der Waals surface area contributed by atoms with Crippen LogP contribution in [0.1, 0.15) is 20.8 Å². The van der Waals surface area contributed by atoms with Gasteiger partial charge in [-0.25, -0.2) is 4.79 Å². The van der Waals surface area contributed by atoms with Gasteiger partial charge in [-0.3, -0.25) is 9.59 Å². The van der Waals surface area contributed by atoms with Gasteiger partial charge in [0, 0.05) is 27.2 Å². The highest BCUT2D eigenvalue weighted by Crippen LogP contribution is 2.13. The smallest absolute Gasteiger partial charge is 0.317 e. The topological polar surface area (TPSA) is 90.0 Å². The van der Waals surface area contributed by atoms with Crippen molar-refractivity contribution in [2.75, 3.05) is 33.7 Å². The number of likely N-dealkylation sites (N-methyl/N-ethyl adjacent to an activating group) is 2. The summed E-state index contributed by atoms with van der Waals surface area (Å²) in [6.07, 6.45) is 0. The van der Waals surface area contributed by atoms with Crippen LogP contribution in [-0.2, 0) is 9.59 Å². The van der Waals surface area contributed by atoms with Crippen molar-refractivity contribution in [2.45, 2.75) is 20.8 Å². The van der Waals surface area contributed by atoms with Crippen LogP contribution in [0.15, 0.2) is 0 Å². The predicted molar refractivity (Wildman–Crippen MR) is 70.8 cm³/mol. The Hall–Kier alpha value is -1.79. The lowest BCUT2D eigenvalue weighted by molar-refractivity contribution is -0.146. The van der Waals surface area contributed by atoms with Crippen molar-refractivity contribution >= 4 is 17.9 Å². The molecular formula is C12H23N3O4. The van der Waals surface area contributed by atoms with Gasteiger partial charge in [0.05, 0.1) is 5.41 Å². The summed E-state index contributed by atoms with van der Waals surface area (Å²) in [6.45, 7) is 5.16. The molecule has 110 valence electrons. The van der Waals surface area contributed by atoms with Crippen LogP contribution in [0.5, 0.6) is 0 Å². The molecule has 0 aliphatic heterocycles. The molecule has 0 spiro atoms. The number of nitrogens with one attached hydrogen (secondary N) is 1. The molecule has 0 aliphatic carbocycles. The van der Waals surface area contributed by atoms with Crippen molar-refractivity contribution in [2.24, 2.45) is 5.41 Å². The molecule has 19 heavy (non-hydrogen) atoms. The van der Waals surface area contributed by atoms with Crippen LogP contribution in [0.25, 0.3) is 0 Å². The normalized spacial score (nSPS) is 10.8. The van der Waals surface area contributed by atoms with E-state index in [9.17, 15) is 14.4 Å². The molecular weight excluding hydrogens is 250 g/mol. The summed E-state index contributed by atoms with van der Waals surface area (Å²) in [5.41, 5.74) is -1.04. The fourth-order valence-electron chi connectivity index (χ4n) is 1.12. The zero-order chi connectivity index (χ0) is 15.2. The first-order valence-electron chi connectivity index (χ1n) is 6.08. The summed E-state index contributed by atoms with van der Waals surface area (Å²) in [4.78, 5) is 37.0. The molecule has 0 heterocycles. The third kappa shape index (κ3) is 5.58. The Morgan fingerprint density at radius 1 is 1.21 bits per heavy atom. The molecule has 0 fully saturated rings. The molecule has 0 aromatic carbocycles. The number of nitrogens with zero attached hydrogens (tertiary/aromatic N) is 2. The first-order chi connectivity index (χ1) is 8.61. The molecule has 0 atom stereocenters. The molecule has 0 saturated carbocycles. The molecule has 0 aromatic heterocycles. The summed E-state index contributed by atoms with van der Waals surface area (Å²) < 4.78 is 0. The van der Waals surface area contributed by atoms with E-state index in [1.54, 1.807) is 21.0 Å². The Morgan fingerprint density at radius 3 is 2.11 bits per heavy atom. The highest BCUT2D eigenvalue weighted by atomic mass is 16.4. The molecule has 0 saturated heterocycles. The van der Waals surface area contributed by atoms with Gasteiger partial charge < -0.3 is 20.2 Å². The number of carbonyl (C=O) groups excluding carboxylic acids is 2. The van der Waals surface area contributed by atoms with Gasteiger partial charge >= 0.3 is 12.0 Å². The first-order valence-corrected chi connectivity index (χ1v) is 6.08. The van der Waals surface area contributed by atoms with Gasteiger partial charge in [-0.15, -0.1) is 0 Å². The Balaban J connectivity index is 4.46. The number of amides is 3. The monoisotopic (exact) mass is 273 g/mol. The number of hydrogen-bond acceptors (Lipinski definition) is 3. The maximum Gasteiger partial charge on any atom is 0.317 e. The summed E-state index contributed by atoms with van der Waals surface area (Å²) in [6, 6.07) is -0.438. The number of carboxylic acid groups (broad SMARTS) is 1. The van der Waals surface area contributed by atoms with Crippen molar-refractivity contribution in [3.05, 3.63) is 0 Å². The van der Waals surface area contributed by atoms with E-state index in [4.69, 9.17) is 5.11 Å². The number of rotatable bonds is 6. The van der Waals surface area contributed by atoms with Crippen LogP contribution >= 0.6 is 0 Å². The van der Waals surface area contributed by atoms with E-state index in [0.29, 0.717) is 6.54 Å². The number of urea groups is 1. The SMILES string of the molecule is CCN(CC(=O)N(C)C)C(=O)NCC(C)(C)C(=O)O. The zero-order valence-electron chi connectivity index (χ0n) is 12.2. The van der Waals surface area contributed by atoms with Crippen molar-refractivity contribution in [1.82, 2.24) is 15.1 Å². The lowest BCUT2D eigenvalue weighted by atomic mass is 9.94. The third-order valence-electron chi connectivity index (χ3n) is 2.75. The quantitative estimate of drug-likeness (QED) is 0.724. The minimum absolute atomic E-state index is 0.00776. The van der Waals surface area contributed by atoms with Gasteiger partial charge in [0.2, 0.25) is 5.91 Å². The van der Waals surface area contributed by atoms with Gasteiger partial charge in [0.25, 0.3) is 0 Å². The standard InChI is InChI=1S/C12H23N3O4/c1-6-15(7-9(16)14(4)5)11(19)13-8-12(2,3)10(17)18/h6-8H2,1-5H3,(H,13,19)(H,17,18). The van der Waals surface area contributed by atoms with Crippen LogP contribution in [0.2, 0.25) is 0 Å². The second-order valence-electron chi connectivity index (χ2n) is 5.15. The lowest BCUT2D eigenvalue weighted by Crippen LogP contribution is -2.48. The van der Waals surface area contributed by atoms with E-state index in [0.717, 1.165) is 0 Å². The maximum absolute atomic E-state index is 11.9. The molecule has 3 amide bonds. The van der Waals surface area contributed by atoms with E-state index < -0.39 is 17.4 Å². The minimum atomic E-state index is -1.04. The van der Waals surface area contributed by atoms with Gasteiger partial charge in [-0.1, -0.05) is 0 Å². The Kier molecular flexibility index (Phi) is 6.31. The van der Waals surface area contributed by atoms with Crippen LogP contribution in [-0.4, -0.2) is 66.5 Å². The summed E-state index contributed by atoms with van der Waals surface area (Å²) in [5, 5.41) is 11.5. The van der Waals surface area contributed by atoms with Crippen LogP contribution in [0.4, 0.5) is 4.79 Å². The van der Waals surface area contributed by atoms with E-state index in [-0.39, 0.29) is 19.0 Å². The number of carboxylic acids is 1. The second kappa shape index (κ2) is 6.96. The van der Waals surface area contributed by atoms with E-state index in [2.05, 4.69) is 5.32 Å². The molecule has 0 rings (SSSR count). The molecule has 7 nitrogen and oxygen atoms in total. The Bertz CT molecular complexity index is 353. The Labute approximate surface area is 113 Å². The molecule has 0 bridgehead atoms. The van der Waals surface area contributed by atoms with Gasteiger partial charge in [0.1, 0.15) is 6.54 Å². The van der Waals surface area contributed by atoms with E-state index >= 15 is 0 Å². The number of hydrogen-bond donors (Lipinski definition) is 2. The average Bonchev–Trinajstić information content (AvgIpc) is 2.32. The molecule has 0 unspecified atom stereocenters. The van der Waals surface area contributed by atoms with Gasteiger partial charge in [0.15, 0.2) is 0 Å². The van der Waals surface area contributed by atoms with Gasteiger partial charge in [-0.05, 0) is 20.8 Å². The highest BCUT2D eigenvalue weighted by molar-refractivity contribution is 5.84. The number of aliphatic carboxylic acids is 1. The summed E-state index contributed by atoms with van der Waals surface area (Å²) in [7, 11) is 3.23. The van der Waals surface area contributed by atoms with Crippen molar-refractivity contribution in [1.29, 1.82) is 0 Å². The molecule has 0 aromatic rings.